The standard InChI is InChI=1S/C31H40ClF3N4O4S/c1-19(2)15-27(37-29(40)20(3)36-4)24-16-22(31(33,34)35)7-10-28(24)38-11-13-39(14-12-38)30(41)26-18-44(42,43)17-25(26)21-5-8-23(32)9-6-21/h5-10,16,19-20,25-27,36H,11-15,17-18H2,1-4H3,(H,37,40)/t20-,25-,26+,27+/m1/s1. The average Bonchev–Trinajstić information content (AvgIpc) is 3.30. The number of hydrogen-bond acceptors (Lipinski definition) is 6. The van der Waals surface area contributed by atoms with Gasteiger partial charge in [0.1, 0.15) is 0 Å². The lowest BCUT2D eigenvalue weighted by molar-refractivity contribution is -0.138. The van der Waals surface area contributed by atoms with Crippen molar-refractivity contribution in [3.05, 3.63) is 64.2 Å². The number of benzene rings is 2. The fourth-order valence-electron chi connectivity index (χ4n) is 5.99. The van der Waals surface area contributed by atoms with Crippen LogP contribution in [0.5, 0.6) is 0 Å². The molecule has 0 bridgehead atoms. The van der Waals surface area contributed by atoms with Crippen molar-refractivity contribution in [1.29, 1.82) is 0 Å². The van der Waals surface area contributed by atoms with Gasteiger partial charge in [-0.15, -0.1) is 0 Å². The normalized spacial score (nSPS) is 21.8. The van der Waals surface area contributed by atoms with Gasteiger partial charge in [-0.3, -0.25) is 9.59 Å². The molecule has 2 aliphatic rings. The van der Waals surface area contributed by atoms with E-state index in [1.807, 2.05) is 18.7 Å². The van der Waals surface area contributed by atoms with Gasteiger partial charge < -0.3 is 20.4 Å². The lowest BCUT2D eigenvalue weighted by atomic mass is 9.88. The minimum Gasteiger partial charge on any atom is -0.368 e. The van der Waals surface area contributed by atoms with Gasteiger partial charge in [0.15, 0.2) is 9.84 Å². The van der Waals surface area contributed by atoms with Crippen LogP contribution in [0.1, 0.15) is 55.8 Å². The molecule has 8 nitrogen and oxygen atoms in total. The van der Waals surface area contributed by atoms with Crippen molar-refractivity contribution in [2.24, 2.45) is 11.8 Å². The monoisotopic (exact) mass is 656 g/mol. The average molecular weight is 657 g/mol. The number of anilines is 1. The van der Waals surface area contributed by atoms with E-state index in [-0.39, 0.29) is 42.3 Å². The molecule has 0 aromatic heterocycles. The van der Waals surface area contributed by atoms with Crippen LogP contribution in [0.4, 0.5) is 18.9 Å². The summed E-state index contributed by atoms with van der Waals surface area (Å²) >= 11 is 6.01. The molecule has 2 aliphatic heterocycles. The number of alkyl halides is 3. The van der Waals surface area contributed by atoms with E-state index < -0.39 is 45.5 Å². The number of sulfone groups is 1. The van der Waals surface area contributed by atoms with Crippen molar-refractivity contribution in [3.63, 3.8) is 0 Å². The summed E-state index contributed by atoms with van der Waals surface area (Å²) in [4.78, 5) is 30.1. The summed E-state index contributed by atoms with van der Waals surface area (Å²) in [6.07, 6.45) is -4.14. The first-order chi connectivity index (χ1) is 20.6. The second kappa shape index (κ2) is 13.7. The van der Waals surface area contributed by atoms with E-state index in [9.17, 15) is 31.2 Å². The van der Waals surface area contributed by atoms with Gasteiger partial charge in [0, 0.05) is 42.8 Å². The van der Waals surface area contributed by atoms with E-state index in [1.54, 1.807) is 43.1 Å². The van der Waals surface area contributed by atoms with Crippen LogP contribution in [0, 0.1) is 11.8 Å². The lowest BCUT2D eigenvalue weighted by Crippen LogP contribution is -2.51. The van der Waals surface area contributed by atoms with Crippen LogP contribution in [0.15, 0.2) is 42.5 Å². The number of nitrogens with zero attached hydrogens (tertiary/aromatic N) is 2. The Kier molecular flexibility index (Phi) is 10.6. The molecule has 2 amide bonds. The van der Waals surface area contributed by atoms with Crippen molar-refractivity contribution in [3.8, 4) is 0 Å². The highest BCUT2D eigenvalue weighted by atomic mass is 35.5. The van der Waals surface area contributed by atoms with Crippen molar-refractivity contribution in [1.82, 2.24) is 15.5 Å². The third-order valence-corrected chi connectivity index (χ3v) is 10.5. The van der Waals surface area contributed by atoms with Gasteiger partial charge in [-0.2, -0.15) is 13.2 Å². The first-order valence-electron chi connectivity index (χ1n) is 14.8. The number of halogens is 4. The summed E-state index contributed by atoms with van der Waals surface area (Å²) < 4.78 is 66.7. The zero-order valence-corrected chi connectivity index (χ0v) is 26.9. The molecule has 0 saturated carbocycles. The molecule has 13 heteroatoms. The molecule has 4 rings (SSSR count). The number of carbonyl (C=O) groups is 2. The molecule has 0 unspecified atom stereocenters. The summed E-state index contributed by atoms with van der Waals surface area (Å²) in [5, 5.41) is 6.33. The largest absolute Gasteiger partial charge is 0.416 e. The van der Waals surface area contributed by atoms with Gasteiger partial charge in [-0.05, 0) is 67.8 Å². The molecular weight excluding hydrogens is 617 g/mol. The van der Waals surface area contributed by atoms with Crippen molar-refractivity contribution in [2.75, 3.05) is 49.6 Å². The molecule has 44 heavy (non-hydrogen) atoms. The quantitative estimate of drug-likeness (QED) is 0.408. The fourth-order valence-corrected chi connectivity index (χ4v) is 8.15. The Morgan fingerprint density at radius 1 is 1.00 bits per heavy atom. The fraction of sp³-hybridized carbons (Fsp3) is 0.548. The second-order valence-corrected chi connectivity index (χ2v) is 14.7. The Labute approximate surface area is 262 Å². The Bertz CT molecular complexity index is 1440. The Balaban J connectivity index is 1.58. The maximum absolute atomic E-state index is 13.8. The van der Waals surface area contributed by atoms with E-state index in [1.165, 1.54) is 6.07 Å². The van der Waals surface area contributed by atoms with Crippen LogP contribution in [0.2, 0.25) is 5.02 Å². The summed E-state index contributed by atoms with van der Waals surface area (Å²) in [6.45, 7) is 6.80. The number of amides is 2. The van der Waals surface area contributed by atoms with E-state index in [0.29, 0.717) is 35.8 Å². The summed E-state index contributed by atoms with van der Waals surface area (Å²) in [7, 11) is -1.79. The minimum absolute atomic E-state index is 0.0818. The van der Waals surface area contributed by atoms with Crippen molar-refractivity contribution >= 4 is 38.9 Å². The lowest BCUT2D eigenvalue weighted by Gasteiger charge is -2.39. The SMILES string of the molecule is CN[C@H](C)C(=O)N[C@@H](CC(C)C)c1cc(C(F)(F)F)ccc1N1CCN(C(=O)[C@H]2CS(=O)(=O)C[C@@H]2c2ccc(Cl)cc2)CC1. The smallest absolute Gasteiger partial charge is 0.368 e. The molecule has 0 aliphatic carbocycles. The molecule has 2 saturated heterocycles. The molecule has 0 radical (unpaired) electrons. The number of hydrogen-bond donors (Lipinski definition) is 2. The van der Waals surface area contributed by atoms with Gasteiger partial charge in [-0.1, -0.05) is 37.6 Å². The number of likely N-dealkylation sites (N-methyl/N-ethyl adjacent to an activating group) is 1. The number of carbonyl (C=O) groups excluding carboxylic acids is 2. The van der Waals surface area contributed by atoms with Crippen LogP contribution >= 0.6 is 11.6 Å². The van der Waals surface area contributed by atoms with Gasteiger partial charge in [0.2, 0.25) is 11.8 Å². The Hall–Kier alpha value is -2.83. The maximum atomic E-state index is 13.8. The van der Waals surface area contributed by atoms with Crippen LogP contribution in [0.3, 0.4) is 0 Å². The van der Waals surface area contributed by atoms with Crippen LogP contribution in [-0.2, 0) is 25.6 Å². The maximum Gasteiger partial charge on any atom is 0.416 e. The molecule has 2 aromatic carbocycles. The highest BCUT2D eigenvalue weighted by molar-refractivity contribution is 7.91. The van der Waals surface area contributed by atoms with Gasteiger partial charge in [-0.25, -0.2) is 8.42 Å². The van der Waals surface area contributed by atoms with Crippen molar-refractivity contribution < 1.29 is 31.2 Å². The zero-order valence-electron chi connectivity index (χ0n) is 25.3. The van der Waals surface area contributed by atoms with Gasteiger partial charge in [0.05, 0.1) is 35.1 Å². The van der Waals surface area contributed by atoms with E-state index in [0.717, 1.165) is 17.7 Å². The molecule has 2 heterocycles. The molecule has 2 N–H and O–H groups in total. The van der Waals surface area contributed by atoms with Crippen LogP contribution in [0.25, 0.3) is 0 Å². The molecule has 2 aromatic rings. The molecule has 2 fully saturated rings. The van der Waals surface area contributed by atoms with Crippen LogP contribution < -0.4 is 15.5 Å². The van der Waals surface area contributed by atoms with Crippen LogP contribution in [-0.4, -0.2) is 75.9 Å². The topological polar surface area (TPSA) is 98.8 Å². The third-order valence-electron chi connectivity index (χ3n) is 8.48. The predicted molar refractivity (Wildman–Crippen MR) is 165 cm³/mol. The number of rotatable bonds is 9. The highest BCUT2D eigenvalue weighted by Gasteiger charge is 2.44. The van der Waals surface area contributed by atoms with Crippen molar-refractivity contribution in [2.45, 2.75) is 51.4 Å². The van der Waals surface area contributed by atoms with E-state index in [2.05, 4.69) is 10.6 Å². The third kappa shape index (κ3) is 8.06. The Morgan fingerprint density at radius 2 is 1.64 bits per heavy atom. The Morgan fingerprint density at radius 3 is 2.20 bits per heavy atom. The second-order valence-electron chi connectivity index (χ2n) is 12.1. The van der Waals surface area contributed by atoms with Gasteiger partial charge >= 0.3 is 6.18 Å². The first kappa shape index (κ1) is 34.1. The zero-order chi connectivity index (χ0) is 32.4. The summed E-state index contributed by atoms with van der Waals surface area (Å²) in [6, 6.07) is 9.26. The summed E-state index contributed by atoms with van der Waals surface area (Å²) in [5.41, 5.74) is 0.878. The van der Waals surface area contributed by atoms with E-state index >= 15 is 0 Å². The highest BCUT2D eigenvalue weighted by Crippen LogP contribution is 2.39. The van der Waals surface area contributed by atoms with Gasteiger partial charge in [0.25, 0.3) is 0 Å². The molecular formula is C31H40ClF3N4O4S. The first-order valence-corrected chi connectivity index (χ1v) is 17.0. The minimum atomic E-state index is -4.56. The predicted octanol–water partition coefficient (Wildman–Crippen LogP) is 4.65. The summed E-state index contributed by atoms with van der Waals surface area (Å²) in [5.74, 6) is -2.04. The number of nitrogens with one attached hydrogen (secondary N) is 2. The van der Waals surface area contributed by atoms with E-state index in [4.69, 9.17) is 11.6 Å². The molecule has 242 valence electrons. The molecule has 0 spiro atoms. The number of piperazine rings is 1. The molecule has 4 atom stereocenters.